The van der Waals surface area contributed by atoms with Gasteiger partial charge in [-0.1, -0.05) is 23.2 Å². The molecule has 3 nitrogen and oxygen atoms in total. The van der Waals surface area contributed by atoms with Crippen LogP contribution in [0.15, 0.2) is 17.0 Å². The van der Waals surface area contributed by atoms with Crippen LogP contribution in [0.4, 0.5) is 0 Å². The summed E-state index contributed by atoms with van der Waals surface area (Å²) in [6, 6.07) is 2.75. The van der Waals surface area contributed by atoms with Crippen molar-refractivity contribution in [1.82, 2.24) is 4.98 Å². The van der Waals surface area contributed by atoms with Gasteiger partial charge in [0, 0.05) is 0 Å². The van der Waals surface area contributed by atoms with E-state index in [9.17, 15) is 4.21 Å². The summed E-state index contributed by atoms with van der Waals surface area (Å²) in [5.74, 6) is 0. The van der Waals surface area contributed by atoms with E-state index >= 15 is 0 Å². The fourth-order valence-electron chi connectivity index (χ4n) is 0.530. The first kappa shape index (κ1) is 8.93. The second kappa shape index (κ2) is 3.49. The Morgan fingerprint density at radius 3 is 2.55 bits per heavy atom. The Morgan fingerprint density at radius 1 is 1.45 bits per heavy atom. The van der Waals surface area contributed by atoms with E-state index in [1.54, 1.807) is 0 Å². The maximum absolute atomic E-state index is 10.5. The highest BCUT2D eigenvalue weighted by Crippen LogP contribution is 2.18. The maximum atomic E-state index is 10.5. The van der Waals surface area contributed by atoms with Crippen LogP contribution in [0, 0.1) is 0 Å². The SMILES string of the molecule is O=S(O)c1ccc(Cl)nc1Cl. The van der Waals surface area contributed by atoms with E-state index in [-0.39, 0.29) is 15.2 Å². The molecule has 0 fully saturated rings. The molecule has 1 heterocycles. The Bertz CT molecular complexity index is 305. The van der Waals surface area contributed by atoms with Crippen LogP contribution in [-0.2, 0) is 11.1 Å². The number of hydrogen-bond acceptors (Lipinski definition) is 2. The molecule has 1 rings (SSSR count). The highest BCUT2D eigenvalue weighted by Gasteiger charge is 2.06. The van der Waals surface area contributed by atoms with Gasteiger partial charge >= 0.3 is 0 Å². The third-order valence-electron chi connectivity index (χ3n) is 0.969. The smallest absolute Gasteiger partial charge is 0.189 e. The molecule has 0 aliphatic rings. The normalized spacial score (nSPS) is 13.0. The maximum Gasteiger partial charge on any atom is 0.189 e. The lowest BCUT2D eigenvalue weighted by molar-refractivity contribution is 0.564. The number of rotatable bonds is 1. The highest BCUT2D eigenvalue weighted by atomic mass is 35.5. The van der Waals surface area contributed by atoms with Gasteiger partial charge in [0.2, 0.25) is 0 Å². The van der Waals surface area contributed by atoms with Crippen LogP contribution in [0.5, 0.6) is 0 Å². The zero-order chi connectivity index (χ0) is 8.43. The molecule has 1 unspecified atom stereocenters. The van der Waals surface area contributed by atoms with Gasteiger partial charge in [-0.3, -0.25) is 0 Å². The molecule has 0 aromatic carbocycles. The van der Waals surface area contributed by atoms with E-state index in [0.29, 0.717) is 0 Å². The van der Waals surface area contributed by atoms with Crippen molar-refractivity contribution in [3.8, 4) is 0 Å². The second-order valence-corrected chi connectivity index (χ2v) is 3.36. The zero-order valence-corrected chi connectivity index (χ0v) is 7.45. The molecular formula is C5H3Cl2NO2S. The molecule has 1 atom stereocenters. The first-order chi connectivity index (χ1) is 5.11. The number of halogens is 2. The van der Waals surface area contributed by atoms with Gasteiger partial charge in [0.1, 0.15) is 15.2 Å². The lowest BCUT2D eigenvalue weighted by atomic mass is 10.5. The van der Waals surface area contributed by atoms with Crippen molar-refractivity contribution in [2.75, 3.05) is 0 Å². The Morgan fingerprint density at radius 2 is 2.09 bits per heavy atom. The summed E-state index contributed by atoms with van der Waals surface area (Å²) in [5, 5.41) is 0.155. The minimum absolute atomic E-state index is 0.0432. The minimum Gasteiger partial charge on any atom is -0.302 e. The van der Waals surface area contributed by atoms with Crippen molar-refractivity contribution < 1.29 is 8.76 Å². The Balaban J connectivity index is 3.20. The van der Waals surface area contributed by atoms with Crippen molar-refractivity contribution in [2.24, 2.45) is 0 Å². The predicted molar refractivity (Wildman–Crippen MR) is 43.3 cm³/mol. The third-order valence-corrected chi connectivity index (χ3v) is 2.29. The molecule has 1 aromatic heterocycles. The average molecular weight is 212 g/mol. The summed E-state index contributed by atoms with van der Waals surface area (Å²) in [6.45, 7) is 0. The Hall–Kier alpha value is -0.160. The molecule has 6 heteroatoms. The Labute approximate surface area is 75.6 Å². The highest BCUT2D eigenvalue weighted by molar-refractivity contribution is 7.79. The topological polar surface area (TPSA) is 50.2 Å². The molecule has 0 bridgehead atoms. The van der Waals surface area contributed by atoms with Crippen molar-refractivity contribution in [2.45, 2.75) is 4.90 Å². The first-order valence-corrected chi connectivity index (χ1v) is 4.40. The monoisotopic (exact) mass is 211 g/mol. The van der Waals surface area contributed by atoms with Crippen LogP contribution in [-0.4, -0.2) is 13.7 Å². The molecule has 0 aliphatic heterocycles. The lowest BCUT2D eigenvalue weighted by Gasteiger charge is -1.96. The molecule has 0 radical (unpaired) electrons. The summed E-state index contributed by atoms with van der Waals surface area (Å²) in [6.07, 6.45) is 0. The second-order valence-electron chi connectivity index (χ2n) is 1.67. The lowest BCUT2D eigenvalue weighted by Crippen LogP contribution is -1.91. The quantitative estimate of drug-likeness (QED) is 0.571. The van der Waals surface area contributed by atoms with Crippen molar-refractivity contribution in [3.63, 3.8) is 0 Å². The molecule has 0 spiro atoms. The molecule has 1 N–H and O–H groups in total. The standard InChI is InChI=1S/C5H3Cl2NO2S/c6-4-2-1-3(11(9)10)5(7)8-4/h1-2H,(H,9,10). The van der Waals surface area contributed by atoms with Crippen molar-refractivity contribution >= 4 is 34.3 Å². The molecule has 0 saturated heterocycles. The summed E-state index contributed by atoms with van der Waals surface area (Å²) in [5.41, 5.74) is 0. The molecule has 0 amide bonds. The van der Waals surface area contributed by atoms with Crippen LogP contribution in [0.1, 0.15) is 0 Å². The molecule has 11 heavy (non-hydrogen) atoms. The van der Waals surface area contributed by atoms with E-state index in [1.165, 1.54) is 12.1 Å². The molecule has 0 saturated carbocycles. The number of pyridine rings is 1. The van der Waals surface area contributed by atoms with Crippen LogP contribution in [0.2, 0.25) is 10.3 Å². The van der Waals surface area contributed by atoms with Gasteiger partial charge in [-0.2, -0.15) is 0 Å². The van der Waals surface area contributed by atoms with Crippen LogP contribution < -0.4 is 0 Å². The summed E-state index contributed by atoms with van der Waals surface area (Å²) in [7, 11) is 0. The number of aromatic nitrogens is 1. The van der Waals surface area contributed by atoms with E-state index < -0.39 is 11.1 Å². The summed E-state index contributed by atoms with van der Waals surface area (Å²) in [4.78, 5) is 3.64. The largest absolute Gasteiger partial charge is 0.302 e. The molecule has 0 aliphatic carbocycles. The average Bonchev–Trinajstić information content (AvgIpc) is 1.85. The van der Waals surface area contributed by atoms with Gasteiger partial charge in [0.25, 0.3) is 0 Å². The fraction of sp³-hybridized carbons (Fsp3) is 0. The van der Waals surface area contributed by atoms with Gasteiger partial charge < -0.3 is 4.55 Å². The van der Waals surface area contributed by atoms with Gasteiger partial charge in [0.15, 0.2) is 11.1 Å². The third kappa shape index (κ3) is 2.13. The van der Waals surface area contributed by atoms with Crippen molar-refractivity contribution in [1.29, 1.82) is 0 Å². The van der Waals surface area contributed by atoms with Gasteiger partial charge in [-0.25, -0.2) is 9.19 Å². The number of hydrogen-bond donors (Lipinski definition) is 1. The molecule has 60 valence electrons. The van der Waals surface area contributed by atoms with E-state index in [2.05, 4.69) is 4.98 Å². The van der Waals surface area contributed by atoms with Crippen LogP contribution in [0.25, 0.3) is 0 Å². The van der Waals surface area contributed by atoms with E-state index in [4.69, 9.17) is 27.8 Å². The van der Waals surface area contributed by atoms with Gasteiger partial charge in [-0.15, -0.1) is 0 Å². The molecular weight excluding hydrogens is 209 g/mol. The molecule has 1 aromatic rings. The number of nitrogens with zero attached hydrogens (tertiary/aromatic N) is 1. The Kier molecular flexibility index (Phi) is 2.84. The van der Waals surface area contributed by atoms with E-state index in [1.807, 2.05) is 0 Å². The van der Waals surface area contributed by atoms with Crippen LogP contribution >= 0.6 is 23.2 Å². The zero-order valence-electron chi connectivity index (χ0n) is 5.12. The van der Waals surface area contributed by atoms with Crippen LogP contribution in [0.3, 0.4) is 0 Å². The van der Waals surface area contributed by atoms with Gasteiger partial charge in [0.05, 0.1) is 0 Å². The summed E-state index contributed by atoms with van der Waals surface area (Å²) >= 11 is 8.82. The predicted octanol–water partition coefficient (Wildman–Crippen LogP) is 1.97. The van der Waals surface area contributed by atoms with E-state index in [0.717, 1.165) is 0 Å². The first-order valence-electron chi connectivity index (χ1n) is 2.54. The van der Waals surface area contributed by atoms with Gasteiger partial charge in [-0.05, 0) is 12.1 Å². The van der Waals surface area contributed by atoms with Crippen molar-refractivity contribution in [3.05, 3.63) is 22.4 Å². The summed E-state index contributed by atoms with van der Waals surface area (Å²) < 4.78 is 19.1. The minimum atomic E-state index is -2.10. The fourth-order valence-corrected chi connectivity index (χ4v) is 1.45.